The lowest BCUT2D eigenvalue weighted by Crippen LogP contribution is -1.80. The van der Waals surface area contributed by atoms with Crippen molar-refractivity contribution in [2.45, 2.75) is 20.3 Å². The van der Waals surface area contributed by atoms with Crippen molar-refractivity contribution in [2.24, 2.45) is 0 Å². The molecule has 2 nitrogen and oxygen atoms in total. The Balaban J connectivity index is 4.33. The highest BCUT2D eigenvalue weighted by Gasteiger charge is 1.95. The molecule has 0 aliphatic rings. The van der Waals surface area contributed by atoms with Gasteiger partial charge in [-0.05, 0) is 28.9 Å². The van der Waals surface area contributed by atoms with Crippen LogP contribution in [0.2, 0.25) is 0 Å². The molecule has 3 heteroatoms. The van der Waals surface area contributed by atoms with E-state index in [0.29, 0.717) is 10.9 Å². The molecule has 0 aliphatic heterocycles. The van der Waals surface area contributed by atoms with Gasteiger partial charge in [-0.2, -0.15) is 0 Å². The van der Waals surface area contributed by atoms with Crippen LogP contribution >= 0.6 is 15.9 Å². The molecular formula is C7H11BrO2. The SMILES string of the molecule is CC/C(O)=C(Br)\C=C(/C)O. The van der Waals surface area contributed by atoms with Crippen molar-refractivity contribution >= 4 is 15.9 Å². The van der Waals surface area contributed by atoms with Crippen LogP contribution < -0.4 is 0 Å². The molecule has 0 bridgehead atoms. The molecule has 0 heterocycles. The van der Waals surface area contributed by atoms with E-state index in [4.69, 9.17) is 10.2 Å². The van der Waals surface area contributed by atoms with Gasteiger partial charge >= 0.3 is 0 Å². The summed E-state index contributed by atoms with van der Waals surface area (Å²) in [6, 6.07) is 0. The first kappa shape index (κ1) is 9.56. The quantitative estimate of drug-likeness (QED) is 0.539. The summed E-state index contributed by atoms with van der Waals surface area (Å²) in [5, 5.41) is 17.8. The smallest absolute Gasteiger partial charge is 0.106 e. The zero-order chi connectivity index (χ0) is 8.15. The van der Waals surface area contributed by atoms with E-state index < -0.39 is 0 Å². The number of hydrogen-bond acceptors (Lipinski definition) is 2. The molecule has 10 heavy (non-hydrogen) atoms. The first-order chi connectivity index (χ1) is 4.57. The zero-order valence-electron chi connectivity index (χ0n) is 6.06. The minimum Gasteiger partial charge on any atom is -0.513 e. The molecule has 58 valence electrons. The van der Waals surface area contributed by atoms with E-state index in [1.807, 2.05) is 6.92 Å². The van der Waals surface area contributed by atoms with Crippen molar-refractivity contribution < 1.29 is 10.2 Å². The van der Waals surface area contributed by atoms with Crippen molar-refractivity contribution in [3.05, 3.63) is 22.1 Å². The molecule has 0 saturated carbocycles. The van der Waals surface area contributed by atoms with Crippen LogP contribution in [0.15, 0.2) is 22.1 Å². The standard InChI is InChI=1S/C7H11BrO2/c1-3-7(10)6(8)4-5(2)9/h4,9-10H,3H2,1-2H3/b5-4+,7-6-. The van der Waals surface area contributed by atoms with Gasteiger partial charge in [-0.3, -0.25) is 0 Å². The maximum Gasteiger partial charge on any atom is 0.106 e. The maximum atomic E-state index is 9.05. The molecule has 0 amide bonds. The lowest BCUT2D eigenvalue weighted by atomic mass is 10.3. The van der Waals surface area contributed by atoms with Crippen molar-refractivity contribution in [3.63, 3.8) is 0 Å². The fourth-order valence-electron chi connectivity index (χ4n) is 0.436. The molecule has 0 radical (unpaired) electrons. The molecule has 2 N–H and O–H groups in total. The lowest BCUT2D eigenvalue weighted by Gasteiger charge is -1.95. The Labute approximate surface area is 69.0 Å². The third-order valence-electron chi connectivity index (χ3n) is 0.946. The lowest BCUT2D eigenvalue weighted by molar-refractivity contribution is 0.390. The normalized spacial score (nSPS) is 14.9. The van der Waals surface area contributed by atoms with Gasteiger partial charge in [0.2, 0.25) is 0 Å². The topological polar surface area (TPSA) is 40.5 Å². The molecule has 0 atom stereocenters. The Bertz CT molecular complexity index is 166. The molecule has 0 saturated heterocycles. The number of rotatable bonds is 2. The van der Waals surface area contributed by atoms with E-state index in [0.717, 1.165) is 0 Å². The molecule has 0 aromatic carbocycles. The van der Waals surface area contributed by atoms with E-state index >= 15 is 0 Å². The monoisotopic (exact) mass is 206 g/mol. The fraction of sp³-hybridized carbons (Fsp3) is 0.429. The number of hydrogen-bond donors (Lipinski definition) is 2. The highest BCUT2D eigenvalue weighted by Crippen LogP contribution is 2.14. The Kier molecular flexibility index (Phi) is 4.19. The Morgan fingerprint density at radius 2 is 2.00 bits per heavy atom. The molecule has 0 aromatic heterocycles. The fourth-order valence-corrected chi connectivity index (χ4v) is 1.05. The number of halogens is 1. The predicted molar refractivity (Wildman–Crippen MR) is 45.3 cm³/mol. The summed E-state index contributed by atoms with van der Waals surface area (Å²) < 4.78 is 0.537. The maximum absolute atomic E-state index is 9.05. The number of allylic oxidation sites excluding steroid dienone is 4. The Hall–Kier alpha value is -0.440. The van der Waals surface area contributed by atoms with Crippen molar-refractivity contribution in [1.29, 1.82) is 0 Å². The second-order valence-corrected chi connectivity index (χ2v) is 2.79. The minimum atomic E-state index is 0.173. The van der Waals surface area contributed by atoms with Crippen LogP contribution in [0.4, 0.5) is 0 Å². The summed E-state index contributed by atoms with van der Waals surface area (Å²) >= 11 is 3.10. The van der Waals surface area contributed by atoms with Crippen LogP contribution in [0, 0.1) is 0 Å². The second-order valence-electron chi connectivity index (χ2n) is 1.93. The van der Waals surface area contributed by atoms with Gasteiger partial charge in [0.25, 0.3) is 0 Å². The van der Waals surface area contributed by atoms with Crippen LogP contribution in [0.25, 0.3) is 0 Å². The summed E-state index contributed by atoms with van der Waals surface area (Å²) in [5.41, 5.74) is 0. The molecule has 0 fully saturated rings. The molecule has 0 unspecified atom stereocenters. The summed E-state index contributed by atoms with van der Waals surface area (Å²) in [7, 11) is 0. The molecular weight excluding hydrogens is 196 g/mol. The van der Waals surface area contributed by atoms with Crippen LogP contribution in [0.3, 0.4) is 0 Å². The van der Waals surface area contributed by atoms with Crippen molar-refractivity contribution in [2.75, 3.05) is 0 Å². The third-order valence-corrected chi connectivity index (χ3v) is 1.63. The first-order valence-electron chi connectivity index (χ1n) is 3.02. The van der Waals surface area contributed by atoms with Gasteiger partial charge in [0.1, 0.15) is 5.76 Å². The highest BCUT2D eigenvalue weighted by atomic mass is 79.9. The van der Waals surface area contributed by atoms with Gasteiger partial charge < -0.3 is 10.2 Å². The molecule has 0 aliphatic carbocycles. The average molecular weight is 207 g/mol. The summed E-state index contributed by atoms with van der Waals surface area (Å²) in [5.74, 6) is 0.417. The highest BCUT2D eigenvalue weighted by molar-refractivity contribution is 9.11. The van der Waals surface area contributed by atoms with Crippen molar-refractivity contribution in [3.8, 4) is 0 Å². The Morgan fingerprint density at radius 1 is 1.50 bits per heavy atom. The van der Waals surface area contributed by atoms with Crippen LogP contribution in [-0.4, -0.2) is 10.2 Å². The van der Waals surface area contributed by atoms with Crippen LogP contribution in [0.1, 0.15) is 20.3 Å². The summed E-state index contributed by atoms with van der Waals surface area (Å²) in [6.07, 6.45) is 2.02. The Morgan fingerprint density at radius 3 is 2.30 bits per heavy atom. The summed E-state index contributed by atoms with van der Waals surface area (Å²) in [4.78, 5) is 0. The van der Waals surface area contributed by atoms with E-state index in [-0.39, 0.29) is 11.5 Å². The van der Waals surface area contributed by atoms with E-state index in [9.17, 15) is 0 Å². The van der Waals surface area contributed by atoms with Gasteiger partial charge in [-0.1, -0.05) is 6.92 Å². The van der Waals surface area contributed by atoms with E-state index in [2.05, 4.69) is 15.9 Å². The third kappa shape index (κ3) is 3.56. The van der Waals surface area contributed by atoms with E-state index in [1.54, 1.807) is 6.92 Å². The van der Waals surface area contributed by atoms with Gasteiger partial charge in [0, 0.05) is 6.42 Å². The molecule has 0 spiro atoms. The van der Waals surface area contributed by atoms with Crippen LogP contribution in [-0.2, 0) is 0 Å². The minimum absolute atomic E-state index is 0.173. The molecule has 0 rings (SSSR count). The van der Waals surface area contributed by atoms with Crippen LogP contribution in [0.5, 0.6) is 0 Å². The predicted octanol–water partition coefficient (Wildman–Crippen LogP) is 3.02. The van der Waals surface area contributed by atoms with Gasteiger partial charge in [0.15, 0.2) is 0 Å². The second kappa shape index (κ2) is 4.39. The first-order valence-corrected chi connectivity index (χ1v) is 3.82. The largest absolute Gasteiger partial charge is 0.513 e. The summed E-state index contributed by atoms with van der Waals surface area (Å²) in [6.45, 7) is 3.38. The number of aliphatic hydroxyl groups excluding tert-OH is 2. The van der Waals surface area contributed by atoms with Gasteiger partial charge in [-0.25, -0.2) is 0 Å². The molecule has 0 aromatic rings. The van der Waals surface area contributed by atoms with E-state index in [1.165, 1.54) is 6.08 Å². The zero-order valence-corrected chi connectivity index (χ0v) is 7.64. The average Bonchev–Trinajstić information content (AvgIpc) is 1.85. The number of aliphatic hydroxyl groups is 2. The van der Waals surface area contributed by atoms with Gasteiger partial charge in [-0.15, -0.1) is 0 Å². The van der Waals surface area contributed by atoms with Gasteiger partial charge in [0.05, 0.1) is 10.2 Å². The van der Waals surface area contributed by atoms with Crippen molar-refractivity contribution in [1.82, 2.24) is 0 Å².